The molecule has 0 radical (unpaired) electrons. The van der Waals surface area contributed by atoms with Crippen LogP contribution in [0.4, 0.5) is 5.69 Å². The fraction of sp³-hybridized carbons (Fsp3) is 0.235. The fourth-order valence-corrected chi connectivity index (χ4v) is 3.39. The van der Waals surface area contributed by atoms with Crippen molar-refractivity contribution in [1.82, 2.24) is 4.90 Å². The van der Waals surface area contributed by atoms with Crippen molar-refractivity contribution in [3.8, 4) is 0 Å². The first-order chi connectivity index (χ1) is 11.4. The van der Waals surface area contributed by atoms with Gasteiger partial charge in [0.1, 0.15) is 0 Å². The normalized spacial score (nSPS) is 11.8. The standard InChI is InChI=1S/C17H17ClN2O3S/c1-12(24-16-8-6-15(7-9-16)20(22)23)17(21)19(2)11-13-4-3-5-14(18)10-13/h3-10,12H,11H2,1-2H3. The molecule has 0 bridgehead atoms. The minimum atomic E-state index is -0.443. The SMILES string of the molecule is CC(Sc1ccc([N+](=O)[O-])cc1)C(=O)N(C)Cc1cccc(Cl)c1. The lowest BCUT2D eigenvalue weighted by Crippen LogP contribution is -2.32. The molecule has 5 nitrogen and oxygen atoms in total. The van der Waals surface area contributed by atoms with Crippen LogP contribution in [0.1, 0.15) is 12.5 Å². The Labute approximate surface area is 149 Å². The van der Waals surface area contributed by atoms with Gasteiger partial charge in [-0.05, 0) is 36.8 Å². The number of hydrogen-bond acceptors (Lipinski definition) is 4. The molecule has 1 atom stereocenters. The van der Waals surface area contributed by atoms with Crippen LogP contribution in [-0.4, -0.2) is 28.0 Å². The molecule has 0 aliphatic carbocycles. The molecule has 2 rings (SSSR count). The molecular formula is C17H17ClN2O3S. The first-order valence-corrected chi connectivity index (χ1v) is 8.53. The van der Waals surface area contributed by atoms with Gasteiger partial charge < -0.3 is 4.90 Å². The van der Waals surface area contributed by atoms with Crippen LogP contribution in [0.3, 0.4) is 0 Å². The number of carbonyl (C=O) groups excluding carboxylic acids is 1. The average molecular weight is 365 g/mol. The molecule has 0 fully saturated rings. The van der Waals surface area contributed by atoms with Crippen molar-refractivity contribution in [3.63, 3.8) is 0 Å². The third-order valence-electron chi connectivity index (χ3n) is 3.39. The van der Waals surface area contributed by atoms with E-state index in [-0.39, 0.29) is 16.8 Å². The van der Waals surface area contributed by atoms with Crippen LogP contribution in [0, 0.1) is 10.1 Å². The summed E-state index contributed by atoms with van der Waals surface area (Å²) >= 11 is 7.33. The quantitative estimate of drug-likeness (QED) is 0.433. The maximum Gasteiger partial charge on any atom is 0.269 e. The lowest BCUT2D eigenvalue weighted by atomic mass is 10.2. The summed E-state index contributed by atoms with van der Waals surface area (Å²) in [5.74, 6) is -0.0154. The number of amides is 1. The molecule has 0 saturated carbocycles. The zero-order valence-corrected chi connectivity index (χ0v) is 14.9. The molecule has 0 heterocycles. The van der Waals surface area contributed by atoms with Crippen LogP contribution in [0.25, 0.3) is 0 Å². The summed E-state index contributed by atoms with van der Waals surface area (Å²) in [5, 5.41) is 11.0. The van der Waals surface area contributed by atoms with Crippen LogP contribution < -0.4 is 0 Å². The number of nitro benzene ring substituents is 1. The Morgan fingerprint density at radius 3 is 2.54 bits per heavy atom. The molecule has 2 aromatic carbocycles. The van der Waals surface area contributed by atoms with E-state index in [0.717, 1.165) is 10.5 Å². The summed E-state index contributed by atoms with van der Waals surface area (Å²) in [7, 11) is 1.75. The van der Waals surface area contributed by atoms with Gasteiger partial charge in [0.2, 0.25) is 5.91 Å². The van der Waals surface area contributed by atoms with Crippen LogP contribution in [0.5, 0.6) is 0 Å². The zero-order valence-electron chi connectivity index (χ0n) is 13.3. The Balaban J connectivity index is 1.96. The molecule has 0 N–H and O–H groups in total. The number of benzene rings is 2. The number of carbonyl (C=O) groups is 1. The van der Waals surface area contributed by atoms with Crippen LogP contribution in [0.15, 0.2) is 53.4 Å². The van der Waals surface area contributed by atoms with Crippen molar-refractivity contribution in [3.05, 3.63) is 69.2 Å². The number of halogens is 1. The molecule has 0 aliphatic rings. The highest BCUT2D eigenvalue weighted by molar-refractivity contribution is 8.00. The number of thioether (sulfide) groups is 1. The Morgan fingerprint density at radius 1 is 1.29 bits per heavy atom. The molecule has 7 heteroatoms. The van der Waals surface area contributed by atoms with Crippen molar-refractivity contribution < 1.29 is 9.72 Å². The molecule has 24 heavy (non-hydrogen) atoms. The van der Waals surface area contributed by atoms with Gasteiger partial charge in [-0.25, -0.2) is 0 Å². The number of rotatable bonds is 6. The Kier molecular flexibility index (Phi) is 6.23. The molecule has 0 aliphatic heterocycles. The Bertz CT molecular complexity index is 737. The Morgan fingerprint density at radius 2 is 1.96 bits per heavy atom. The van der Waals surface area contributed by atoms with E-state index in [1.165, 1.54) is 23.9 Å². The number of non-ortho nitro benzene ring substituents is 1. The van der Waals surface area contributed by atoms with E-state index < -0.39 is 4.92 Å². The van der Waals surface area contributed by atoms with Gasteiger partial charge in [0.15, 0.2) is 0 Å². The van der Waals surface area contributed by atoms with Crippen molar-refractivity contribution in [2.75, 3.05) is 7.05 Å². The molecule has 0 aromatic heterocycles. The highest BCUT2D eigenvalue weighted by Gasteiger charge is 2.19. The summed E-state index contributed by atoms with van der Waals surface area (Å²) in [4.78, 5) is 25.2. The van der Waals surface area contributed by atoms with E-state index >= 15 is 0 Å². The third kappa shape index (κ3) is 4.97. The predicted molar refractivity (Wildman–Crippen MR) is 96.3 cm³/mol. The average Bonchev–Trinajstić information content (AvgIpc) is 2.54. The monoisotopic (exact) mass is 364 g/mol. The number of nitro groups is 1. The summed E-state index contributed by atoms with van der Waals surface area (Å²) in [5.41, 5.74) is 1.00. The topological polar surface area (TPSA) is 63.5 Å². The molecule has 1 unspecified atom stereocenters. The van der Waals surface area contributed by atoms with Gasteiger partial charge >= 0.3 is 0 Å². The fourth-order valence-electron chi connectivity index (χ4n) is 2.20. The molecule has 126 valence electrons. The largest absolute Gasteiger partial charge is 0.340 e. The van der Waals surface area contributed by atoms with Gasteiger partial charge in [-0.2, -0.15) is 0 Å². The van der Waals surface area contributed by atoms with Crippen molar-refractivity contribution in [2.45, 2.75) is 23.6 Å². The summed E-state index contributed by atoms with van der Waals surface area (Å²) in [6, 6.07) is 13.6. The summed E-state index contributed by atoms with van der Waals surface area (Å²) in [6.45, 7) is 2.30. The van der Waals surface area contributed by atoms with E-state index in [9.17, 15) is 14.9 Å². The maximum atomic E-state index is 12.5. The smallest absolute Gasteiger partial charge is 0.269 e. The summed E-state index contributed by atoms with van der Waals surface area (Å²) < 4.78 is 0. The molecular weight excluding hydrogens is 348 g/mol. The molecule has 2 aromatic rings. The van der Waals surface area contributed by atoms with Gasteiger partial charge in [-0.1, -0.05) is 23.7 Å². The first kappa shape index (κ1) is 18.3. The van der Waals surface area contributed by atoms with Gasteiger partial charge in [0.25, 0.3) is 5.69 Å². The van der Waals surface area contributed by atoms with E-state index in [1.54, 1.807) is 30.1 Å². The molecule has 1 amide bonds. The lowest BCUT2D eigenvalue weighted by Gasteiger charge is -2.21. The predicted octanol–water partition coefficient (Wildman–Crippen LogP) is 4.39. The minimum Gasteiger partial charge on any atom is -0.340 e. The summed E-state index contributed by atoms with van der Waals surface area (Å²) in [6.07, 6.45) is 0. The molecule has 0 saturated heterocycles. The minimum absolute atomic E-state index is 0.0154. The van der Waals surface area contributed by atoms with Crippen LogP contribution >= 0.6 is 23.4 Å². The van der Waals surface area contributed by atoms with E-state index in [2.05, 4.69) is 0 Å². The second-order valence-corrected chi connectivity index (χ2v) is 7.19. The highest BCUT2D eigenvalue weighted by atomic mass is 35.5. The number of nitrogens with zero attached hydrogens (tertiary/aromatic N) is 2. The van der Waals surface area contributed by atoms with E-state index in [1.807, 2.05) is 25.1 Å². The van der Waals surface area contributed by atoms with Gasteiger partial charge in [-0.3, -0.25) is 14.9 Å². The van der Waals surface area contributed by atoms with Crippen LogP contribution in [-0.2, 0) is 11.3 Å². The first-order valence-electron chi connectivity index (χ1n) is 7.27. The Hall–Kier alpha value is -2.05. The highest BCUT2D eigenvalue weighted by Crippen LogP contribution is 2.26. The lowest BCUT2D eigenvalue weighted by molar-refractivity contribution is -0.384. The third-order valence-corrected chi connectivity index (χ3v) is 4.73. The van der Waals surface area contributed by atoms with E-state index in [4.69, 9.17) is 11.6 Å². The number of hydrogen-bond donors (Lipinski definition) is 0. The van der Waals surface area contributed by atoms with E-state index in [0.29, 0.717) is 11.6 Å². The van der Waals surface area contributed by atoms with Crippen molar-refractivity contribution >= 4 is 35.0 Å². The second-order valence-electron chi connectivity index (χ2n) is 5.34. The second kappa shape index (κ2) is 8.17. The van der Waals surface area contributed by atoms with Crippen molar-refractivity contribution in [2.24, 2.45) is 0 Å². The van der Waals surface area contributed by atoms with Gasteiger partial charge in [0.05, 0.1) is 10.2 Å². The maximum absolute atomic E-state index is 12.5. The van der Waals surface area contributed by atoms with Crippen LogP contribution in [0.2, 0.25) is 5.02 Å². The van der Waals surface area contributed by atoms with Gasteiger partial charge in [-0.15, -0.1) is 11.8 Å². The molecule has 0 spiro atoms. The zero-order chi connectivity index (χ0) is 17.7. The van der Waals surface area contributed by atoms with Crippen molar-refractivity contribution in [1.29, 1.82) is 0 Å². The van der Waals surface area contributed by atoms with Gasteiger partial charge in [0, 0.05) is 35.6 Å².